The summed E-state index contributed by atoms with van der Waals surface area (Å²) in [5.74, 6) is 1.74. The summed E-state index contributed by atoms with van der Waals surface area (Å²) in [6.45, 7) is 0.923. The summed E-state index contributed by atoms with van der Waals surface area (Å²) in [6.07, 6.45) is 7.56. The molecular weight excluding hydrogens is 250 g/mol. The van der Waals surface area contributed by atoms with Crippen LogP contribution in [-0.2, 0) is 0 Å². The van der Waals surface area contributed by atoms with Gasteiger partial charge in [-0.1, -0.05) is 12.8 Å². The average Bonchev–Trinajstić information content (AvgIpc) is 2.54. The molecule has 0 unspecified atom stereocenters. The number of ether oxygens (including phenoxy) is 1. The van der Waals surface area contributed by atoms with Gasteiger partial charge in [0.2, 0.25) is 0 Å². The summed E-state index contributed by atoms with van der Waals surface area (Å²) >= 11 is 0. The number of hydrogen-bond donors (Lipinski definition) is 0. The van der Waals surface area contributed by atoms with Crippen molar-refractivity contribution in [2.45, 2.75) is 44.6 Å². The molecule has 2 atom stereocenters. The number of amides is 1. The number of nitrogens with zero attached hydrogens (tertiary/aromatic N) is 1. The van der Waals surface area contributed by atoms with Crippen molar-refractivity contribution in [2.75, 3.05) is 13.7 Å². The first kappa shape index (κ1) is 13.5. The molecule has 0 radical (unpaired) electrons. The van der Waals surface area contributed by atoms with E-state index in [-0.39, 0.29) is 5.91 Å². The Bertz CT molecular complexity index is 466. The second-order valence-corrected chi connectivity index (χ2v) is 5.98. The minimum Gasteiger partial charge on any atom is -0.497 e. The SMILES string of the molecule is COc1ccc(C(=O)N2CCC[C@H]3CCCC[C@@H]32)cc1. The second kappa shape index (κ2) is 5.86. The molecule has 2 fully saturated rings. The lowest BCUT2D eigenvalue weighted by Crippen LogP contribution is -2.49. The molecule has 1 amide bonds. The van der Waals surface area contributed by atoms with Gasteiger partial charge in [-0.15, -0.1) is 0 Å². The minimum atomic E-state index is 0.198. The molecule has 3 nitrogen and oxygen atoms in total. The second-order valence-electron chi connectivity index (χ2n) is 5.98. The summed E-state index contributed by atoms with van der Waals surface area (Å²) < 4.78 is 5.16. The third kappa shape index (κ3) is 2.54. The van der Waals surface area contributed by atoms with Crippen molar-refractivity contribution >= 4 is 5.91 Å². The van der Waals surface area contributed by atoms with E-state index < -0.39 is 0 Å². The van der Waals surface area contributed by atoms with E-state index in [9.17, 15) is 4.79 Å². The molecule has 0 spiro atoms. The molecule has 0 aromatic heterocycles. The van der Waals surface area contributed by atoms with E-state index in [0.29, 0.717) is 6.04 Å². The number of piperidine rings is 1. The fraction of sp³-hybridized carbons (Fsp3) is 0.588. The topological polar surface area (TPSA) is 29.5 Å². The minimum absolute atomic E-state index is 0.198. The number of rotatable bonds is 2. The monoisotopic (exact) mass is 273 g/mol. The van der Waals surface area contributed by atoms with Gasteiger partial charge >= 0.3 is 0 Å². The Morgan fingerprint density at radius 1 is 1.10 bits per heavy atom. The Hall–Kier alpha value is -1.51. The Morgan fingerprint density at radius 2 is 1.80 bits per heavy atom. The third-order valence-corrected chi connectivity index (χ3v) is 4.84. The zero-order valence-electron chi connectivity index (χ0n) is 12.2. The zero-order chi connectivity index (χ0) is 13.9. The molecule has 1 heterocycles. The first-order chi connectivity index (χ1) is 9.79. The number of carbonyl (C=O) groups is 1. The van der Waals surface area contributed by atoms with E-state index in [0.717, 1.165) is 30.2 Å². The Labute approximate surface area is 120 Å². The van der Waals surface area contributed by atoms with Crippen LogP contribution in [0.1, 0.15) is 48.9 Å². The standard InChI is InChI=1S/C17H23NO2/c1-20-15-10-8-14(9-11-15)17(19)18-12-4-6-13-5-2-3-7-16(13)18/h8-11,13,16H,2-7,12H2,1H3/t13-,16+/m1/s1. The lowest BCUT2D eigenvalue weighted by atomic mass is 9.78. The van der Waals surface area contributed by atoms with Crippen molar-refractivity contribution in [2.24, 2.45) is 5.92 Å². The molecule has 2 aliphatic rings. The largest absolute Gasteiger partial charge is 0.497 e. The van der Waals surface area contributed by atoms with Gasteiger partial charge in [0.05, 0.1) is 7.11 Å². The highest BCUT2D eigenvalue weighted by atomic mass is 16.5. The molecule has 108 valence electrons. The highest BCUT2D eigenvalue weighted by Crippen LogP contribution is 2.35. The van der Waals surface area contributed by atoms with Crippen LogP contribution in [0.5, 0.6) is 5.75 Å². The molecule has 1 aromatic rings. The van der Waals surface area contributed by atoms with Crippen LogP contribution >= 0.6 is 0 Å². The highest BCUT2D eigenvalue weighted by Gasteiger charge is 2.35. The number of likely N-dealkylation sites (tertiary alicyclic amines) is 1. The molecule has 1 saturated carbocycles. The molecule has 3 rings (SSSR count). The summed E-state index contributed by atoms with van der Waals surface area (Å²) in [4.78, 5) is 14.9. The first-order valence-corrected chi connectivity index (χ1v) is 7.74. The third-order valence-electron chi connectivity index (χ3n) is 4.84. The van der Waals surface area contributed by atoms with E-state index in [4.69, 9.17) is 4.74 Å². The molecule has 1 saturated heterocycles. The normalized spacial score (nSPS) is 25.9. The van der Waals surface area contributed by atoms with Gasteiger partial charge in [0.1, 0.15) is 5.75 Å². The molecule has 1 aliphatic carbocycles. The van der Waals surface area contributed by atoms with E-state index in [1.54, 1.807) is 7.11 Å². The van der Waals surface area contributed by atoms with Gasteiger partial charge < -0.3 is 9.64 Å². The van der Waals surface area contributed by atoms with Crippen LogP contribution in [0.3, 0.4) is 0 Å². The van der Waals surface area contributed by atoms with E-state index >= 15 is 0 Å². The molecule has 20 heavy (non-hydrogen) atoms. The number of fused-ring (bicyclic) bond motifs is 1. The summed E-state index contributed by atoms with van der Waals surface area (Å²) in [5.41, 5.74) is 0.789. The van der Waals surface area contributed by atoms with E-state index in [1.807, 2.05) is 24.3 Å². The van der Waals surface area contributed by atoms with Gasteiger partial charge in [0, 0.05) is 18.2 Å². The fourth-order valence-corrected chi connectivity index (χ4v) is 3.78. The summed E-state index contributed by atoms with van der Waals surface area (Å²) in [6, 6.07) is 7.99. The van der Waals surface area contributed by atoms with Gasteiger partial charge in [-0.3, -0.25) is 4.79 Å². The maximum atomic E-state index is 12.7. The molecule has 1 aromatic carbocycles. The van der Waals surface area contributed by atoms with Crippen molar-refractivity contribution in [1.82, 2.24) is 4.90 Å². The van der Waals surface area contributed by atoms with Crippen molar-refractivity contribution in [3.05, 3.63) is 29.8 Å². The fourth-order valence-electron chi connectivity index (χ4n) is 3.78. The van der Waals surface area contributed by atoms with E-state index in [1.165, 1.54) is 32.1 Å². The van der Waals surface area contributed by atoms with Gasteiger partial charge in [-0.25, -0.2) is 0 Å². The quantitative estimate of drug-likeness (QED) is 0.825. The molecule has 3 heteroatoms. The summed E-state index contributed by atoms with van der Waals surface area (Å²) in [7, 11) is 1.65. The Morgan fingerprint density at radius 3 is 2.55 bits per heavy atom. The van der Waals surface area contributed by atoms with Crippen LogP contribution in [0.25, 0.3) is 0 Å². The molecule has 0 bridgehead atoms. The van der Waals surface area contributed by atoms with Gasteiger partial charge in [0.25, 0.3) is 5.91 Å². The first-order valence-electron chi connectivity index (χ1n) is 7.74. The van der Waals surface area contributed by atoms with Crippen LogP contribution in [-0.4, -0.2) is 30.5 Å². The lowest BCUT2D eigenvalue weighted by Gasteiger charge is -2.44. The molecular formula is C17H23NO2. The number of benzene rings is 1. The van der Waals surface area contributed by atoms with Crippen LogP contribution in [0, 0.1) is 5.92 Å². The predicted molar refractivity (Wildman–Crippen MR) is 79.0 cm³/mol. The number of carbonyl (C=O) groups excluding carboxylic acids is 1. The van der Waals surface area contributed by atoms with Crippen LogP contribution in [0.4, 0.5) is 0 Å². The molecule has 1 aliphatic heterocycles. The van der Waals surface area contributed by atoms with E-state index in [2.05, 4.69) is 4.90 Å². The Balaban J connectivity index is 1.77. The maximum absolute atomic E-state index is 12.7. The highest BCUT2D eigenvalue weighted by molar-refractivity contribution is 5.94. The summed E-state index contributed by atoms with van der Waals surface area (Å²) in [5, 5.41) is 0. The Kier molecular flexibility index (Phi) is 3.95. The van der Waals surface area contributed by atoms with Crippen LogP contribution in [0.15, 0.2) is 24.3 Å². The van der Waals surface area contributed by atoms with Crippen molar-refractivity contribution in [3.63, 3.8) is 0 Å². The predicted octanol–water partition coefficient (Wildman–Crippen LogP) is 3.49. The zero-order valence-corrected chi connectivity index (χ0v) is 12.2. The van der Waals surface area contributed by atoms with Crippen molar-refractivity contribution in [1.29, 1.82) is 0 Å². The van der Waals surface area contributed by atoms with Gasteiger partial charge in [0.15, 0.2) is 0 Å². The number of hydrogen-bond acceptors (Lipinski definition) is 2. The molecule has 0 N–H and O–H groups in total. The number of methoxy groups -OCH3 is 1. The van der Waals surface area contributed by atoms with Crippen molar-refractivity contribution in [3.8, 4) is 5.75 Å². The van der Waals surface area contributed by atoms with Crippen molar-refractivity contribution < 1.29 is 9.53 Å². The van der Waals surface area contributed by atoms with Gasteiger partial charge in [-0.05, 0) is 55.9 Å². The average molecular weight is 273 g/mol. The lowest BCUT2D eigenvalue weighted by molar-refractivity contribution is 0.0390. The smallest absolute Gasteiger partial charge is 0.254 e. The van der Waals surface area contributed by atoms with Crippen LogP contribution in [0.2, 0.25) is 0 Å². The maximum Gasteiger partial charge on any atom is 0.254 e. The van der Waals surface area contributed by atoms with Gasteiger partial charge in [-0.2, -0.15) is 0 Å². The van der Waals surface area contributed by atoms with Crippen LogP contribution < -0.4 is 4.74 Å².